The number of carbonyl (C=O) groups is 2. The van der Waals surface area contributed by atoms with Gasteiger partial charge in [-0.2, -0.15) is 0 Å². The number of hydrogen-bond donors (Lipinski definition) is 2. The molecular weight excluding hydrogens is 205 g/mol. The molecule has 0 unspecified atom stereocenters. The molecule has 1 aromatic carbocycles. The highest BCUT2D eigenvalue weighted by atomic mass is 19.1. The van der Waals surface area contributed by atoms with Crippen LogP contribution in [0.3, 0.4) is 0 Å². The van der Waals surface area contributed by atoms with Gasteiger partial charge in [-0.05, 0) is 24.3 Å². The van der Waals surface area contributed by atoms with Gasteiger partial charge in [0.1, 0.15) is 5.82 Å². The lowest BCUT2D eigenvalue weighted by Crippen LogP contribution is -2.23. The molecule has 1 aromatic rings. The number of carbonyl (C=O) groups excluding carboxylic acids is 1. The number of nitrogens with zero attached hydrogens (tertiary/aromatic N) is 1. The van der Waals surface area contributed by atoms with E-state index in [1.54, 1.807) is 0 Å². The standard InChI is InChI=1S/C9H6FNO4/c10-6-3-1-5(2-4-6)8(12)7(11-15)9(13)14/h1-4,15H,(H,13,14). The normalized spacial score (nSPS) is 11.1. The van der Waals surface area contributed by atoms with Gasteiger partial charge in [0.15, 0.2) is 0 Å². The second-order valence-corrected chi connectivity index (χ2v) is 2.59. The van der Waals surface area contributed by atoms with Gasteiger partial charge in [0.25, 0.3) is 0 Å². The second-order valence-electron chi connectivity index (χ2n) is 2.59. The molecule has 0 radical (unpaired) electrons. The largest absolute Gasteiger partial charge is 0.476 e. The number of rotatable bonds is 3. The van der Waals surface area contributed by atoms with Crippen LogP contribution >= 0.6 is 0 Å². The first-order chi connectivity index (χ1) is 7.06. The summed E-state index contributed by atoms with van der Waals surface area (Å²) in [7, 11) is 0. The van der Waals surface area contributed by atoms with Crippen molar-refractivity contribution >= 4 is 17.5 Å². The molecule has 0 saturated carbocycles. The van der Waals surface area contributed by atoms with Crippen LogP contribution in [0.4, 0.5) is 4.39 Å². The number of carboxylic acids is 1. The SMILES string of the molecule is O=C(O)C(=NO)C(=O)c1ccc(F)cc1. The summed E-state index contributed by atoms with van der Waals surface area (Å²) in [4.78, 5) is 21.8. The summed E-state index contributed by atoms with van der Waals surface area (Å²) < 4.78 is 12.5. The summed E-state index contributed by atoms with van der Waals surface area (Å²) >= 11 is 0. The molecule has 0 atom stereocenters. The van der Waals surface area contributed by atoms with Gasteiger partial charge in [0, 0.05) is 5.56 Å². The maximum atomic E-state index is 12.5. The number of benzene rings is 1. The minimum atomic E-state index is -1.65. The van der Waals surface area contributed by atoms with Crippen LogP contribution in [0, 0.1) is 5.82 Å². The van der Waals surface area contributed by atoms with E-state index in [0.29, 0.717) is 0 Å². The summed E-state index contributed by atoms with van der Waals surface area (Å²) in [6.45, 7) is 0. The second kappa shape index (κ2) is 4.32. The first kappa shape index (κ1) is 10.8. The Bertz CT molecular complexity index is 424. The van der Waals surface area contributed by atoms with Crippen LogP contribution in [0.25, 0.3) is 0 Å². The smallest absolute Gasteiger partial charge is 0.362 e. The number of oxime groups is 1. The maximum absolute atomic E-state index is 12.5. The monoisotopic (exact) mass is 211 g/mol. The Morgan fingerprint density at radius 2 is 1.73 bits per heavy atom. The molecule has 15 heavy (non-hydrogen) atoms. The van der Waals surface area contributed by atoms with Crippen LogP contribution in [0.15, 0.2) is 29.4 Å². The molecule has 0 aliphatic heterocycles. The van der Waals surface area contributed by atoms with Gasteiger partial charge in [-0.25, -0.2) is 9.18 Å². The molecule has 0 heterocycles. The van der Waals surface area contributed by atoms with Crippen LogP contribution in [0.1, 0.15) is 10.4 Å². The van der Waals surface area contributed by atoms with Crippen molar-refractivity contribution < 1.29 is 24.3 Å². The Balaban J connectivity index is 3.04. The third-order valence-electron chi connectivity index (χ3n) is 1.62. The van der Waals surface area contributed by atoms with Crippen molar-refractivity contribution in [2.24, 2.45) is 5.16 Å². The van der Waals surface area contributed by atoms with E-state index >= 15 is 0 Å². The highest BCUT2D eigenvalue weighted by Crippen LogP contribution is 2.04. The highest BCUT2D eigenvalue weighted by Gasteiger charge is 2.21. The predicted molar refractivity (Wildman–Crippen MR) is 47.6 cm³/mol. The summed E-state index contributed by atoms with van der Waals surface area (Å²) in [5.74, 6) is -3.18. The minimum absolute atomic E-state index is 0.0633. The average Bonchev–Trinajstić information content (AvgIpc) is 2.19. The van der Waals surface area contributed by atoms with Gasteiger partial charge in [-0.3, -0.25) is 4.79 Å². The molecule has 2 N–H and O–H groups in total. The molecule has 78 valence electrons. The Labute approximate surface area is 83.5 Å². The third kappa shape index (κ3) is 2.37. The lowest BCUT2D eigenvalue weighted by Gasteiger charge is -1.98. The van der Waals surface area contributed by atoms with Gasteiger partial charge >= 0.3 is 5.97 Å². The highest BCUT2D eigenvalue weighted by molar-refractivity contribution is 6.67. The van der Waals surface area contributed by atoms with Crippen molar-refractivity contribution in [3.05, 3.63) is 35.6 Å². The average molecular weight is 211 g/mol. The van der Waals surface area contributed by atoms with Gasteiger partial charge in [-0.1, -0.05) is 5.16 Å². The van der Waals surface area contributed by atoms with Crippen LogP contribution < -0.4 is 0 Å². The molecule has 0 fully saturated rings. The fourth-order valence-electron chi connectivity index (χ4n) is 0.923. The van der Waals surface area contributed by atoms with Crippen molar-refractivity contribution in [1.82, 2.24) is 0 Å². The zero-order chi connectivity index (χ0) is 11.4. The molecule has 6 heteroatoms. The van der Waals surface area contributed by atoms with E-state index < -0.39 is 23.3 Å². The fourth-order valence-corrected chi connectivity index (χ4v) is 0.923. The topological polar surface area (TPSA) is 87.0 Å². The molecular formula is C9H6FNO4. The molecule has 0 aliphatic carbocycles. The molecule has 1 rings (SSSR count). The lowest BCUT2D eigenvalue weighted by atomic mass is 10.1. The van der Waals surface area contributed by atoms with Crippen molar-refractivity contribution in [3.8, 4) is 0 Å². The Hall–Kier alpha value is -2.24. The summed E-state index contributed by atoms with van der Waals surface area (Å²) in [5, 5.41) is 19.1. The first-order valence-corrected chi connectivity index (χ1v) is 3.82. The number of halogens is 1. The number of ketones is 1. The van der Waals surface area contributed by atoms with Crippen LogP contribution in [0.5, 0.6) is 0 Å². The number of aliphatic carboxylic acids is 1. The first-order valence-electron chi connectivity index (χ1n) is 3.82. The Morgan fingerprint density at radius 1 is 1.20 bits per heavy atom. The van der Waals surface area contributed by atoms with Gasteiger partial charge < -0.3 is 10.3 Å². The van der Waals surface area contributed by atoms with Crippen molar-refractivity contribution in [1.29, 1.82) is 0 Å². The molecule has 0 spiro atoms. The Morgan fingerprint density at radius 3 is 2.13 bits per heavy atom. The summed E-state index contributed by atoms with van der Waals surface area (Å²) in [6.07, 6.45) is 0. The molecule has 0 amide bonds. The van der Waals surface area contributed by atoms with E-state index in [4.69, 9.17) is 10.3 Å². The molecule has 5 nitrogen and oxygen atoms in total. The van der Waals surface area contributed by atoms with E-state index in [-0.39, 0.29) is 5.56 Å². The minimum Gasteiger partial charge on any atom is -0.476 e. The molecule has 0 bridgehead atoms. The predicted octanol–water partition coefficient (Wildman–Crippen LogP) is 0.923. The van der Waals surface area contributed by atoms with Crippen molar-refractivity contribution in [3.63, 3.8) is 0 Å². The number of hydrogen-bond acceptors (Lipinski definition) is 4. The van der Waals surface area contributed by atoms with E-state index in [2.05, 4.69) is 5.16 Å². The van der Waals surface area contributed by atoms with Crippen molar-refractivity contribution in [2.45, 2.75) is 0 Å². The van der Waals surface area contributed by atoms with E-state index in [1.165, 1.54) is 0 Å². The van der Waals surface area contributed by atoms with Crippen LogP contribution in [-0.4, -0.2) is 27.8 Å². The van der Waals surface area contributed by atoms with Crippen molar-refractivity contribution in [2.75, 3.05) is 0 Å². The third-order valence-corrected chi connectivity index (χ3v) is 1.62. The van der Waals surface area contributed by atoms with Crippen LogP contribution in [0.2, 0.25) is 0 Å². The molecule has 0 aromatic heterocycles. The summed E-state index contributed by atoms with van der Waals surface area (Å²) in [5.41, 5.74) is -1.08. The fraction of sp³-hybridized carbons (Fsp3) is 0. The zero-order valence-corrected chi connectivity index (χ0v) is 7.35. The van der Waals surface area contributed by atoms with Gasteiger partial charge in [-0.15, -0.1) is 0 Å². The van der Waals surface area contributed by atoms with E-state index in [0.717, 1.165) is 24.3 Å². The molecule has 0 saturated heterocycles. The lowest BCUT2D eigenvalue weighted by molar-refractivity contribution is -0.129. The summed E-state index contributed by atoms with van der Waals surface area (Å²) in [6, 6.07) is 4.21. The van der Waals surface area contributed by atoms with E-state index in [1.807, 2.05) is 0 Å². The quantitative estimate of drug-likeness (QED) is 0.256. The maximum Gasteiger partial charge on any atom is 0.362 e. The van der Waals surface area contributed by atoms with E-state index in [9.17, 15) is 14.0 Å². The zero-order valence-electron chi connectivity index (χ0n) is 7.35. The Kier molecular flexibility index (Phi) is 3.12. The number of Topliss-reactive ketones (excluding diaryl/α,β-unsaturated/α-hetero) is 1. The van der Waals surface area contributed by atoms with Gasteiger partial charge in [0.2, 0.25) is 11.5 Å². The van der Waals surface area contributed by atoms with Crippen LogP contribution in [-0.2, 0) is 4.79 Å². The molecule has 0 aliphatic rings. The number of carboxylic acid groups (broad SMARTS) is 1. The van der Waals surface area contributed by atoms with Gasteiger partial charge in [0.05, 0.1) is 0 Å².